The fourth-order valence-corrected chi connectivity index (χ4v) is 3.95. The highest BCUT2D eigenvalue weighted by Gasteiger charge is 2.26. The van der Waals surface area contributed by atoms with Gasteiger partial charge in [0.2, 0.25) is 15.9 Å². The van der Waals surface area contributed by atoms with Crippen LogP contribution in [0, 0.1) is 0 Å². The lowest BCUT2D eigenvalue weighted by molar-refractivity contribution is 0.376. The fraction of sp³-hybridized carbons (Fsp3) is 0.176. The summed E-state index contributed by atoms with van der Waals surface area (Å²) in [5.74, 6) is 1.25. The molecule has 2 heterocycles. The second-order valence-corrected chi connectivity index (χ2v) is 8.09. The molecular formula is C17H16BrN3O5S. The van der Waals surface area contributed by atoms with Crippen LogP contribution in [0.3, 0.4) is 0 Å². The van der Waals surface area contributed by atoms with Crippen LogP contribution >= 0.6 is 15.9 Å². The van der Waals surface area contributed by atoms with E-state index in [-0.39, 0.29) is 29.8 Å². The quantitative estimate of drug-likeness (QED) is 0.481. The van der Waals surface area contributed by atoms with Gasteiger partial charge < -0.3 is 13.6 Å². The number of rotatable bonds is 8. The molecule has 0 saturated carbocycles. The first-order valence-electron chi connectivity index (χ1n) is 7.77. The highest BCUT2D eigenvalue weighted by molar-refractivity contribution is 9.10. The van der Waals surface area contributed by atoms with Crippen molar-refractivity contribution in [1.82, 2.24) is 14.5 Å². The van der Waals surface area contributed by atoms with Gasteiger partial charge in [-0.05, 0) is 52.3 Å². The van der Waals surface area contributed by atoms with Crippen LogP contribution in [-0.4, -0.2) is 36.6 Å². The van der Waals surface area contributed by atoms with E-state index < -0.39 is 10.0 Å². The normalized spacial score (nSPS) is 11.7. The third-order valence-corrected chi connectivity index (χ3v) is 5.84. The maximum Gasteiger partial charge on any atom is 0.283 e. The monoisotopic (exact) mass is 453 g/mol. The standard InChI is InChI=1S/C17H16BrN3O5S/c1-3-10-21(27(22,23)13-6-4-12(24-2)5-7-13)11-16-19-20-17(26-16)14-8-9-15(18)25-14/h3-9H,1,10-11H2,2H3. The van der Waals surface area contributed by atoms with Crippen molar-refractivity contribution in [1.29, 1.82) is 0 Å². The zero-order valence-electron chi connectivity index (χ0n) is 14.3. The fourth-order valence-electron chi connectivity index (χ4n) is 2.29. The number of benzene rings is 1. The van der Waals surface area contributed by atoms with Crippen molar-refractivity contribution in [3.63, 3.8) is 0 Å². The van der Waals surface area contributed by atoms with Crippen molar-refractivity contribution in [2.45, 2.75) is 11.4 Å². The molecule has 0 unspecified atom stereocenters. The van der Waals surface area contributed by atoms with Crippen molar-refractivity contribution in [3.05, 3.63) is 59.6 Å². The van der Waals surface area contributed by atoms with Gasteiger partial charge in [0.05, 0.1) is 18.6 Å². The van der Waals surface area contributed by atoms with E-state index in [2.05, 4.69) is 32.7 Å². The Morgan fingerprint density at radius 1 is 1.19 bits per heavy atom. The SMILES string of the molecule is C=CCN(Cc1nnc(-c2ccc(Br)o2)o1)S(=O)(=O)c1ccc(OC)cc1. The van der Waals surface area contributed by atoms with E-state index in [1.807, 2.05) is 0 Å². The summed E-state index contributed by atoms with van der Waals surface area (Å²) in [6.45, 7) is 3.60. The zero-order chi connectivity index (χ0) is 19.4. The minimum atomic E-state index is -3.79. The molecule has 0 aliphatic heterocycles. The zero-order valence-corrected chi connectivity index (χ0v) is 16.7. The van der Waals surface area contributed by atoms with Gasteiger partial charge in [-0.3, -0.25) is 0 Å². The van der Waals surface area contributed by atoms with E-state index in [0.29, 0.717) is 16.2 Å². The number of aromatic nitrogens is 2. The number of ether oxygens (including phenoxy) is 1. The summed E-state index contributed by atoms with van der Waals surface area (Å²) >= 11 is 3.20. The molecule has 0 radical (unpaired) electrons. The van der Waals surface area contributed by atoms with Gasteiger partial charge in [-0.2, -0.15) is 4.31 Å². The van der Waals surface area contributed by atoms with Gasteiger partial charge >= 0.3 is 0 Å². The predicted molar refractivity (Wildman–Crippen MR) is 100 cm³/mol. The molecule has 0 fully saturated rings. The lowest BCUT2D eigenvalue weighted by Crippen LogP contribution is -2.31. The molecule has 10 heteroatoms. The first-order chi connectivity index (χ1) is 12.9. The van der Waals surface area contributed by atoms with E-state index >= 15 is 0 Å². The first kappa shape index (κ1) is 19.3. The molecule has 8 nitrogen and oxygen atoms in total. The van der Waals surface area contributed by atoms with Gasteiger partial charge in [-0.15, -0.1) is 16.8 Å². The summed E-state index contributed by atoms with van der Waals surface area (Å²) in [5.41, 5.74) is 0. The Morgan fingerprint density at radius 2 is 1.93 bits per heavy atom. The maximum absolute atomic E-state index is 12.9. The highest BCUT2D eigenvalue weighted by Crippen LogP contribution is 2.25. The molecule has 0 atom stereocenters. The Labute approximate surface area is 164 Å². The van der Waals surface area contributed by atoms with Crippen molar-refractivity contribution in [2.24, 2.45) is 0 Å². The topological polar surface area (TPSA) is 98.7 Å². The molecule has 0 spiro atoms. The summed E-state index contributed by atoms with van der Waals surface area (Å²) in [5, 5.41) is 7.80. The molecule has 0 saturated heterocycles. The number of nitrogens with zero attached hydrogens (tertiary/aromatic N) is 3. The van der Waals surface area contributed by atoms with Crippen LogP contribution < -0.4 is 4.74 Å². The average molecular weight is 454 g/mol. The lowest BCUT2D eigenvalue weighted by atomic mass is 10.3. The number of sulfonamides is 1. The first-order valence-corrected chi connectivity index (χ1v) is 10.0. The van der Waals surface area contributed by atoms with Crippen LogP contribution in [0.25, 0.3) is 11.7 Å². The smallest absolute Gasteiger partial charge is 0.283 e. The largest absolute Gasteiger partial charge is 0.497 e. The summed E-state index contributed by atoms with van der Waals surface area (Å²) < 4.78 is 43.5. The molecule has 0 aliphatic rings. The predicted octanol–water partition coefficient (Wildman–Crippen LogP) is 3.48. The van der Waals surface area contributed by atoms with Crippen molar-refractivity contribution in [2.75, 3.05) is 13.7 Å². The van der Waals surface area contributed by atoms with E-state index in [4.69, 9.17) is 13.6 Å². The number of methoxy groups -OCH3 is 1. The van der Waals surface area contributed by atoms with Crippen LogP contribution in [0.15, 0.2) is 67.5 Å². The van der Waals surface area contributed by atoms with Gasteiger partial charge in [-0.1, -0.05) is 6.08 Å². The van der Waals surface area contributed by atoms with Crippen LogP contribution in [0.5, 0.6) is 5.75 Å². The molecule has 0 amide bonds. The third-order valence-electron chi connectivity index (χ3n) is 3.59. The summed E-state index contributed by atoms with van der Waals surface area (Å²) in [7, 11) is -2.28. The van der Waals surface area contributed by atoms with E-state index in [0.717, 1.165) is 0 Å². The van der Waals surface area contributed by atoms with Crippen LogP contribution in [0.2, 0.25) is 0 Å². The lowest BCUT2D eigenvalue weighted by Gasteiger charge is -2.19. The van der Waals surface area contributed by atoms with Gasteiger partial charge in [0.15, 0.2) is 10.4 Å². The van der Waals surface area contributed by atoms with E-state index in [1.54, 1.807) is 24.3 Å². The van der Waals surface area contributed by atoms with Crippen LogP contribution in [0.4, 0.5) is 0 Å². The third kappa shape index (κ3) is 4.29. The second kappa shape index (κ2) is 8.07. The number of hydrogen-bond donors (Lipinski definition) is 0. The Bertz CT molecular complexity index is 1030. The van der Waals surface area contributed by atoms with Gasteiger partial charge in [0, 0.05) is 6.54 Å². The van der Waals surface area contributed by atoms with Crippen molar-refractivity contribution in [3.8, 4) is 17.4 Å². The molecular weight excluding hydrogens is 438 g/mol. The average Bonchev–Trinajstić information content (AvgIpc) is 3.30. The second-order valence-electron chi connectivity index (χ2n) is 5.37. The molecule has 3 aromatic rings. The highest BCUT2D eigenvalue weighted by atomic mass is 79.9. The molecule has 142 valence electrons. The van der Waals surface area contributed by atoms with Crippen molar-refractivity contribution >= 4 is 26.0 Å². The molecule has 1 aromatic carbocycles. The summed E-state index contributed by atoms with van der Waals surface area (Å²) in [6, 6.07) is 9.47. The van der Waals surface area contributed by atoms with Crippen molar-refractivity contribution < 1.29 is 22.0 Å². The number of halogens is 1. The molecule has 0 aliphatic carbocycles. The summed E-state index contributed by atoms with van der Waals surface area (Å²) in [4.78, 5) is 0.125. The maximum atomic E-state index is 12.9. The van der Waals surface area contributed by atoms with E-state index in [1.165, 1.54) is 29.6 Å². The Kier molecular flexibility index (Phi) is 5.78. The Hall–Kier alpha value is -2.43. The molecule has 0 bridgehead atoms. The molecule has 3 rings (SSSR count). The van der Waals surface area contributed by atoms with Crippen LogP contribution in [0.1, 0.15) is 5.89 Å². The summed E-state index contributed by atoms with van der Waals surface area (Å²) in [6.07, 6.45) is 1.49. The van der Waals surface area contributed by atoms with Crippen LogP contribution in [-0.2, 0) is 16.6 Å². The Balaban J connectivity index is 1.84. The molecule has 0 N–H and O–H groups in total. The molecule has 27 heavy (non-hydrogen) atoms. The Morgan fingerprint density at radius 3 is 2.52 bits per heavy atom. The van der Waals surface area contributed by atoms with Gasteiger partial charge in [0.1, 0.15) is 5.75 Å². The van der Waals surface area contributed by atoms with Gasteiger partial charge in [0.25, 0.3) is 5.89 Å². The van der Waals surface area contributed by atoms with E-state index in [9.17, 15) is 8.42 Å². The van der Waals surface area contributed by atoms with Gasteiger partial charge in [-0.25, -0.2) is 8.42 Å². The minimum absolute atomic E-state index is 0.0817. The number of hydrogen-bond acceptors (Lipinski definition) is 7. The minimum Gasteiger partial charge on any atom is -0.497 e. The number of furan rings is 1. The molecule has 2 aromatic heterocycles.